The standard InChI is InChI=1S/C27H36N2O3/c30-26(27(31,24-9-3-1-4-10-24)25-11-5-2-6-12-25)32-20-23(22-13-16-28-17-14-22)18-21-8-7-15-29-19-21/h1,3-4,9-10,13-14,16-17,21,23,25,29,31H,2,5-8,11-12,15,18-20H2/t21-,23?,27?/m1/s1. The molecule has 2 fully saturated rings. The zero-order valence-corrected chi connectivity index (χ0v) is 18.9. The lowest BCUT2D eigenvalue weighted by Gasteiger charge is -2.37. The second-order valence-electron chi connectivity index (χ2n) is 9.49. The summed E-state index contributed by atoms with van der Waals surface area (Å²) in [5, 5.41) is 15.3. The van der Waals surface area contributed by atoms with Crippen LogP contribution >= 0.6 is 0 Å². The molecule has 1 aromatic heterocycles. The Labute approximate surface area is 191 Å². The van der Waals surface area contributed by atoms with Gasteiger partial charge in [-0.25, -0.2) is 4.79 Å². The number of esters is 1. The number of pyridine rings is 1. The Morgan fingerprint density at radius 3 is 2.50 bits per heavy atom. The summed E-state index contributed by atoms with van der Waals surface area (Å²) in [4.78, 5) is 17.6. The minimum Gasteiger partial charge on any atom is -0.463 e. The van der Waals surface area contributed by atoms with Crippen molar-refractivity contribution in [3.05, 3.63) is 66.0 Å². The molecule has 32 heavy (non-hydrogen) atoms. The van der Waals surface area contributed by atoms with Gasteiger partial charge < -0.3 is 15.2 Å². The minimum absolute atomic E-state index is 0.0956. The van der Waals surface area contributed by atoms with Crippen LogP contribution in [0.25, 0.3) is 0 Å². The van der Waals surface area contributed by atoms with Crippen molar-refractivity contribution in [2.24, 2.45) is 11.8 Å². The van der Waals surface area contributed by atoms with E-state index in [4.69, 9.17) is 4.74 Å². The number of carbonyl (C=O) groups excluding carboxylic acids is 1. The Kier molecular flexibility index (Phi) is 7.93. The number of ether oxygens (including phenoxy) is 1. The minimum atomic E-state index is -1.59. The second-order valence-corrected chi connectivity index (χ2v) is 9.49. The summed E-state index contributed by atoms with van der Waals surface area (Å²) in [6.45, 7) is 2.36. The van der Waals surface area contributed by atoms with Crippen LogP contribution in [-0.2, 0) is 15.1 Å². The number of benzene rings is 1. The molecule has 5 heteroatoms. The second kappa shape index (κ2) is 11.1. The lowest BCUT2D eigenvalue weighted by atomic mass is 9.73. The summed E-state index contributed by atoms with van der Waals surface area (Å²) in [5.41, 5.74) is 0.199. The number of nitrogens with one attached hydrogen (secondary N) is 1. The van der Waals surface area contributed by atoms with E-state index < -0.39 is 11.6 Å². The van der Waals surface area contributed by atoms with Gasteiger partial charge in [0.1, 0.15) is 0 Å². The van der Waals surface area contributed by atoms with Gasteiger partial charge in [-0.1, -0.05) is 49.6 Å². The number of rotatable bonds is 8. The van der Waals surface area contributed by atoms with E-state index in [1.807, 2.05) is 42.5 Å². The number of aromatic nitrogens is 1. The molecule has 0 spiro atoms. The fraction of sp³-hybridized carbons (Fsp3) is 0.556. The van der Waals surface area contributed by atoms with Crippen molar-refractivity contribution in [3.8, 4) is 0 Å². The summed E-state index contributed by atoms with van der Waals surface area (Å²) < 4.78 is 5.94. The van der Waals surface area contributed by atoms with Crippen LogP contribution in [0.1, 0.15) is 68.4 Å². The molecule has 2 N–H and O–H groups in total. The van der Waals surface area contributed by atoms with E-state index >= 15 is 0 Å². The molecule has 2 heterocycles. The SMILES string of the molecule is O=C(OCC(C[C@H]1CCCNC1)c1ccncc1)C(O)(c1ccccc1)C1CCCCC1. The van der Waals surface area contributed by atoms with Crippen molar-refractivity contribution in [1.82, 2.24) is 10.3 Å². The van der Waals surface area contributed by atoms with E-state index in [0.717, 1.165) is 57.2 Å². The van der Waals surface area contributed by atoms with Gasteiger partial charge >= 0.3 is 5.97 Å². The first kappa shape index (κ1) is 22.9. The maximum Gasteiger partial charge on any atom is 0.343 e. The molecule has 0 radical (unpaired) electrons. The third-order valence-electron chi connectivity index (χ3n) is 7.33. The van der Waals surface area contributed by atoms with Crippen LogP contribution in [0.3, 0.4) is 0 Å². The molecule has 4 rings (SSSR count). The quantitative estimate of drug-likeness (QED) is 0.593. The average Bonchev–Trinajstić information content (AvgIpc) is 2.88. The summed E-state index contributed by atoms with van der Waals surface area (Å²) >= 11 is 0. The summed E-state index contributed by atoms with van der Waals surface area (Å²) in [5.74, 6) is 0.0506. The number of carbonyl (C=O) groups is 1. The Morgan fingerprint density at radius 2 is 1.81 bits per heavy atom. The van der Waals surface area contributed by atoms with Crippen LogP contribution in [0.2, 0.25) is 0 Å². The first-order valence-corrected chi connectivity index (χ1v) is 12.2. The third kappa shape index (κ3) is 5.38. The molecule has 5 nitrogen and oxygen atoms in total. The zero-order valence-electron chi connectivity index (χ0n) is 18.9. The van der Waals surface area contributed by atoms with Crippen LogP contribution in [0.4, 0.5) is 0 Å². The Morgan fingerprint density at radius 1 is 1.06 bits per heavy atom. The highest BCUT2D eigenvalue weighted by molar-refractivity contribution is 5.81. The molecule has 1 aromatic carbocycles. The van der Waals surface area contributed by atoms with Crippen molar-refractivity contribution < 1.29 is 14.6 Å². The highest BCUT2D eigenvalue weighted by Crippen LogP contribution is 2.40. The average molecular weight is 437 g/mol. The van der Waals surface area contributed by atoms with Crippen molar-refractivity contribution >= 4 is 5.97 Å². The third-order valence-corrected chi connectivity index (χ3v) is 7.33. The van der Waals surface area contributed by atoms with Crippen LogP contribution in [0, 0.1) is 11.8 Å². The Bertz CT molecular complexity index is 832. The van der Waals surface area contributed by atoms with Gasteiger partial charge in [0.25, 0.3) is 0 Å². The van der Waals surface area contributed by atoms with Gasteiger partial charge in [-0.3, -0.25) is 4.98 Å². The van der Waals surface area contributed by atoms with Crippen LogP contribution in [0.15, 0.2) is 54.9 Å². The van der Waals surface area contributed by atoms with E-state index in [1.165, 1.54) is 12.8 Å². The molecule has 2 unspecified atom stereocenters. The molecule has 1 aliphatic carbocycles. The molecule has 2 aliphatic rings. The topological polar surface area (TPSA) is 71.5 Å². The van der Waals surface area contributed by atoms with E-state index in [0.29, 0.717) is 11.5 Å². The highest BCUT2D eigenvalue weighted by atomic mass is 16.5. The number of hydrogen-bond acceptors (Lipinski definition) is 5. The summed E-state index contributed by atoms with van der Waals surface area (Å²) in [6.07, 6.45) is 11.9. The molecule has 0 bridgehead atoms. The summed E-state index contributed by atoms with van der Waals surface area (Å²) in [6, 6.07) is 13.4. The van der Waals surface area contributed by atoms with Crippen molar-refractivity contribution in [3.63, 3.8) is 0 Å². The first-order chi connectivity index (χ1) is 15.7. The van der Waals surface area contributed by atoms with Gasteiger partial charge in [0.2, 0.25) is 0 Å². The largest absolute Gasteiger partial charge is 0.463 e. The van der Waals surface area contributed by atoms with Crippen molar-refractivity contribution in [2.75, 3.05) is 19.7 Å². The van der Waals surface area contributed by atoms with E-state index in [2.05, 4.69) is 10.3 Å². The molecule has 3 atom stereocenters. The number of piperidine rings is 1. The predicted molar refractivity (Wildman–Crippen MR) is 125 cm³/mol. The monoisotopic (exact) mass is 436 g/mol. The van der Waals surface area contributed by atoms with Gasteiger partial charge in [0.05, 0.1) is 6.61 Å². The fourth-order valence-corrected chi connectivity index (χ4v) is 5.48. The van der Waals surface area contributed by atoms with E-state index in [1.54, 1.807) is 12.4 Å². The van der Waals surface area contributed by atoms with Crippen LogP contribution < -0.4 is 5.32 Å². The molecule has 1 saturated heterocycles. The van der Waals surface area contributed by atoms with Gasteiger partial charge in [-0.15, -0.1) is 0 Å². The lowest BCUT2D eigenvalue weighted by molar-refractivity contribution is -0.176. The maximum atomic E-state index is 13.5. The zero-order chi connectivity index (χ0) is 22.2. The highest BCUT2D eigenvalue weighted by Gasteiger charge is 2.47. The molecule has 172 valence electrons. The smallest absolute Gasteiger partial charge is 0.343 e. The molecule has 1 aliphatic heterocycles. The van der Waals surface area contributed by atoms with Crippen LogP contribution in [0.5, 0.6) is 0 Å². The van der Waals surface area contributed by atoms with Gasteiger partial charge in [0, 0.05) is 24.2 Å². The fourth-order valence-electron chi connectivity index (χ4n) is 5.48. The van der Waals surface area contributed by atoms with Crippen molar-refractivity contribution in [2.45, 2.75) is 62.9 Å². The normalized spacial score (nSPS) is 22.6. The molecule has 2 aromatic rings. The number of aliphatic hydroxyl groups is 1. The molecular weight excluding hydrogens is 400 g/mol. The summed E-state index contributed by atoms with van der Waals surface area (Å²) in [7, 11) is 0. The van der Waals surface area contributed by atoms with Gasteiger partial charge in [0.15, 0.2) is 5.60 Å². The molecular formula is C27H36N2O3. The number of hydrogen-bond donors (Lipinski definition) is 2. The van der Waals surface area contributed by atoms with Gasteiger partial charge in [-0.05, 0) is 74.4 Å². The first-order valence-electron chi connectivity index (χ1n) is 12.2. The van der Waals surface area contributed by atoms with E-state index in [-0.39, 0.29) is 18.4 Å². The van der Waals surface area contributed by atoms with Crippen LogP contribution in [-0.4, -0.2) is 35.8 Å². The predicted octanol–water partition coefficient (Wildman–Crippen LogP) is 4.57. The lowest BCUT2D eigenvalue weighted by Crippen LogP contribution is -2.45. The molecule has 1 saturated carbocycles. The van der Waals surface area contributed by atoms with Crippen molar-refractivity contribution in [1.29, 1.82) is 0 Å². The molecule has 0 amide bonds. The van der Waals surface area contributed by atoms with Gasteiger partial charge in [-0.2, -0.15) is 0 Å². The van der Waals surface area contributed by atoms with E-state index in [9.17, 15) is 9.90 Å². The Balaban J connectivity index is 1.51. The number of nitrogens with zero attached hydrogens (tertiary/aromatic N) is 1. The Hall–Kier alpha value is -2.24. The maximum absolute atomic E-state index is 13.5.